The summed E-state index contributed by atoms with van der Waals surface area (Å²) in [5.41, 5.74) is 0.575. The monoisotopic (exact) mass is 201 g/mol. The van der Waals surface area contributed by atoms with Crippen LogP contribution in [0.25, 0.3) is 0 Å². The summed E-state index contributed by atoms with van der Waals surface area (Å²) < 4.78 is 4.53. The molecule has 0 aromatic rings. The highest BCUT2D eigenvalue weighted by atomic mass is 16.5. The number of rotatable bonds is 6. The Morgan fingerprint density at radius 2 is 2.29 bits per heavy atom. The lowest BCUT2D eigenvalue weighted by molar-refractivity contribution is -0.136. The lowest BCUT2D eigenvalue weighted by Gasteiger charge is -2.07. The van der Waals surface area contributed by atoms with Gasteiger partial charge in [-0.05, 0) is 13.3 Å². The fraction of sp³-hybridized carbons (Fsp3) is 0.700. The van der Waals surface area contributed by atoms with Gasteiger partial charge in [-0.15, -0.1) is 0 Å². The Morgan fingerprint density at radius 3 is 2.79 bits per heavy atom. The second-order valence-corrected chi connectivity index (χ2v) is 3.10. The maximum absolute atomic E-state index is 10.9. The largest absolute Gasteiger partial charge is 0.466 e. The van der Waals surface area contributed by atoms with Gasteiger partial charge in [0.2, 0.25) is 0 Å². The number of methoxy groups -OCH3 is 1. The molecular formula is C10H19NO3. The Bertz CT molecular complexity index is 202. The lowest BCUT2D eigenvalue weighted by Crippen LogP contribution is -2.26. The molecular weight excluding hydrogens is 182 g/mol. The molecule has 2 N–H and O–H groups in total. The summed E-state index contributed by atoms with van der Waals surface area (Å²) in [7, 11) is 1.36. The van der Waals surface area contributed by atoms with Crippen LogP contribution in [0.4, 0.5) is 0 Å². The molecule has 4 heteroatoms. The second kappa shape index (κ2) is 7.53. The molecule has 4 nitrogen and oxygen atoms in total. The molecule has 0 saturated carbocycles. The van der Waals surface area contributed by atoms with E-state index in [1.54, 1.807) is 13.0 Å². The van der Waals surface area contributed by atoms with Crippen LogP contribution >= 0.6 is 0 Å². The maximum Gasteiger partial charge on any atom is 0.333 e. The van der Waals surface area contributed by atoms with E-state index in [1.165, 1.54) is 7.11 Å². The first kappa shape index (κ1) is 13.1. The van der Waals surface area contributed by atoms with Crippen LogP contribution in [0.2, 0.25) is 0 Å². The highest BCUT2D eigenvalue weighted by Gasteiger charge is 2.02. The number of aliphatic hydroxyl groups excluding tert-OH is 1. The van der Waals surface area contributed by atoms with Crippen molar-refractivity contribution in [2.24, 2.45) is 0 Å². The molecule has 0 spiro atoms. The minimum Gasteiger partial charge on any atom is -0.466 e. The summed E-state index contributed by atoms with van der Waals surface area (Å²) in [5.74, 6) is -0.317. The smallest absolute Gasteiger partial charge is 0.333 e. The van der Waals surface area contributed by atoms with Crippen LogP contribution in [0.5, 0.6) is 0 Å². The van der Waals surface area contributed by atoms with Crippen molar-refractivity contribution in [3.05, 3.63) is 11.6 Å². The second-order valence-electron chi connectivity index (χ2n) is 3.10. The third-order valence-electron chi connectivity index (χ3n) is 1.91. The zero-order valence-corrected chi connectivity index (χ0v) is 9.04. The average Bonchev–Trinajstić information content (AvgIpc) is 2.22. The van der Waals surface area contributed by atoms with Crippen LogP contribution in [0.3, 0.4) is 0 Å². The van der Waals surface area contributed by atoms with Gasteiger partial charge in [0.25, 0.3) is 0 Å². The van der Waals surface area contributed by atoms with Gasteiger partial charge in [0.1, 0.15) is 0 Å². The highest BCUT2D eigenvalue weighted by molar-refractivity contribution is 5.87. The normalized spacial score (nSPS) is 13.9. The van der Waals surface area contributed by atoms with Crippen molar-refractivity contribution in [2.75, 3.05) is 20.2 Å². The SMILES string of the molecule is CCC(O)CNC/C=C(/C)C(=O)OC. The molecule has 0 rings (SSSR count). The number of carbonyl (C=O) groups is 1. The molecule has 0 aliphatic carbocycles. The molecule has 1 unspecified atom stereocenters. The van der Waals surface area contributed by atoms with E-state index in [4.69, 9.17) is 0 Å². The van der Waals surface area contributed by atoms with Crippen molar-refractivity contribution in [1.29, 1.82) is 0 Å². The minimum atomic E-state index is -0.318. The van der Waals surface area contributed by atoms with Crippen molar-refractivity contribution >= 4 is 5.97 Å². The van der Waals surface area contributed by atoms with Crippen molar-refractivity contribution in [3.8, 4) is 0 Å². The molecule has 0 heterocycles. The van der Waals surface area contributed by atoms with E-state index in [0.29, 0.717) is 18.7 Å². The van der Waals surface area contributed by atoms with E-state index in [2.05, 4.69) is 10.1 Å². The summed E-state index contributed by atoms with van der Waals surface area (Å²) in [6.07, 6.45) is 2.16. The summed E-state index contributed by atoms with van der Waals surface area (Å²) in [6.45, 7) is 4.73. The minimum absolute atomic E-state index is 0.317. The Labute approximate surface area is 85.0 Å². The van der Waals surface area contributed by atoms with Crippen LogP contribution in [0, 0.1) is 0 Å². The van der Waals surface area contributed by atoms with Gasteiger partial charge >= 0.3 is 5.97 Å². The molecule has 0 aliphatic rings. The first-order valence-electron chi connectivity index (χ1n) is 4.75. The molecule has 0 aromatic heterocycles. The fourth-order valence-electron chi connectivity index (χ4n) is 0.864. The van der Waals surface area contributed by atoms with Crippen molar-refractivity contribution < 1.29 is 14.6 Å². The van der Waals surface area contributed by atoms with Gasteiger partial charge in [0, 0.05) is 18.7 Å². The molecule has 0 amide bonds. The van der Waals surface area contributed by atoms with Gasteiger partial charge in [0.05, 0.1) is 13.2 Å². The fourth-order valence-corrected chi connectivity index (χ4v) is 0.864. The molecule has 82 valence electrons. The number of nitrogens with one attached hydrogen (secondary N) is 1. The standard InChI is InChI=1S/C10H19NO3/c1-4-9(12)7-11-6-5-8(2)10(13)14-3/h5,9,11-12H,4,6-7H2,1-3H3/b8-5-. The number of aliphatic hydroxyl groups is 1. The third-order valence-corrected chi connectivity index (χ3v) is 1.91. The van der Waals surface area contributed by atoms with Crippen LogP contribution in [-0.2, 0) is 9.53 Å². The van der Waals surface area contributed by atoms with E-state index in [-0.39, 0.29) is 12.1 Å². The van der Waals surface area contributed by atoms with Gasteiger partial charge in [-0.25, -0.2) is 4.79 Å². The number of hydrogen-bond acceptors (Lipinski definition) is 4. The van der Waals surface area contributed by atoms with E-state index in [9.17, 15) is 9.90 Å². The highest BCUT2D eigenvalue weighted by Crippen LogP contribution is 1.94. The Kier molecular flexibility index (Phi) is 7.06. The first-order chi connectivity index (χ1) is 6.61. The van der Waals surface area contributed by atoms with E-state index >= 15 is 0 Å². The lowest BCUT2D eigenvalue weighted by atomic mass is 10.2. The third kappa shape index (κ3) is 5.72. The summed E-state index contributed by atoms with van der Waals surface area (Å²) in [5, 5.41) is 12.2. The van der Waals surface area contributed by atoms with Gasteiger partial charge in [-0.1, -0.05) is 13.0 Å². The van der Waals surface area contributed by atoms with Crippen molar-refractivity contribution in [2.45, 2.75) is 26.4 Å². The van der Waals surface area contributed by atoms with Gasteiger partial charge < -0.3 is 15.2 Å². The van der Waals surface area contributed by atoms with Gasteiger partial charge in [0.15, 0.2) is 0 Å². The molecule has 0 radical (unpaired) electrons. The van der Waals surface area contributed by atoms with Gasteiger partial charge in [-0.2, -0.15) is 0 Å². The predicted octanol–water partition coefficient (Wildman–Crippen LogP) is 0.466. The van der Waals surface area contributed by atoms with E-state index in [0.717, 1.165) is 6.42 Å². The van der Waals surface area contributed by atoms with Crippen LogP contribution in [0.1, 0.15) is 20.3 Å². The topological polar surface area (TPSA) is 58.6 Å². The van der Waals surface area contributed by atoms with Crippen LogP contribution in [-0.4, -0.2) is 37.4 Å². The number of ether oxygens (including phenoxy) is 1. The van der Waals surface area contributed by atoms with Crippen LogP contribution in [0.15, 0.2) is 11.6 Å². The van der Waals surface area contributed by atoms with Crippen molar-refractivity contribution in [3.63, 3.8) is 0 Å². The molecule has 14 heavy (non-hydrogen) atoms. The van der Waals surface area contributed by atoms with E-state index in [1.807, 2.05) is 6.92 Å². The molecule has 1 atom stereocenters. The predicted molar refractivity (Wildman–Crippen MR) is 54.9 cm³/mol. The summed E-state index contributed by atoms with van der Waals surface area (Å²) in [4.78, 5) is 10.9. The van der Waals surface area contributed by atoms with E-state index < -0.39 is 0 Å². The molecule has 0 bridgehead atoms. The molecule has 0 saturated heterocycles. The average molecular weight is 201 g/mol. The first-order valence-corrected chi connectivity index (χ1v) is 4.75. The zero-order chi connectivity index (χ0) is 11.0. The number of carbonyl (C=O) groups excluding carboxylic acids is 1. The Balaban J connectivity index is 3.66. The Hall–Kier alpha value is -0.870. The maximum atomic E-state index is 10.9. The van der Waals surface area contributed by atoms with Crippen molar-refractivity contribution in [1.82, 2.24) is 5.32 Å². The molecule has 0 fully saturated rings. The van der Waals surface area contributed by atoms with Crippen LogP contribution < -0.4 is 5.32 Å². The molecule has 0 aliphatic heterocycles. The van der Waals surface area contributed by atoms with Gasteiger partial charge in [-0.3, -0.25) is 0 Å². The Morgan fingerprint density at radius 1 is 1.64 bits per heavy atom. The quantitative estimate of drug-likeness (QED) is 0.372. The zero-order valence-electron chi connectivity index (χ0n) is 9.04. The number of esters is 1. The summed E-state index contributed by atoms with van der Waals surface area (Å²) >= 11 is 0. The summed E-state index contributed by atoms with van der Waals surface area (Å²) in [6, 6.07) is 0. The molecule has 0 aromatic carbocycles. The number of hydrogen-bond donors (Lipinski definition) is 2.